The molecule has 1 atom stereocenters. The third-order valence-corrected chi connectivity index (χ3v) is 5.67. The van der Waals surface area contributed by atoms with Crippen molar-refractivity contribution in [2.24, 2.45) is 5.92 Å². The smallest absolute Gasteiger partial charge is 0.228 e. The number of hydrogen-bond donors (Lipinski definition) is 0. The summed E-state index contributed by atoms with van der Waals surface area (Å²) in [5.41, 5.74) is 2.98. The van der Waals surface area contributed by atoms with Gasteiger partial charge in [-0.1, -0.05) is 48.5 Å². The van der Waals surface area contributed by atoms with Gasteiger partial charge in [-0.05, 0) is 25.0 Å². The van der Waals surface area contributed by atoms with E-state index < -0.39 is 0 Å². The number of benzene rings is 2. The van der Waals surface area contributed by atoms with E-state index in [1.807, 2.05) is 49.4 Å². The van der Waals surface area contributed by atoms with E-state index in [9.17, 15) is 9.59 Å². The molecule has 1 aromatic heterocycles. The van der Waals surface area contributed by atoms with E-state index in [-0.39, 0.29) is 24.2 Å². The molecule has 1 saturated heterocycles. The number of amides is 2. The quantitative estimate of drug-likeness (QED) is 0.636. The van der Waals surface area contributed by atoms with Crippen molar-refractivity contribution in [1.82, 2.24) is 19.8 Å². The van der Waals surface area contributed by atoms with Gasteiger partial charge in [0, 0.05) is 37.6 Å². The van der Waals surface area contributed by atoms with Crippen LogP contribution in [-0.2, 0) is 22.6 Å². The molecular weight excluding hydrogens is 376 g/mol. The number of likely N-dealkylation sites (tertiary alicyclic amines) is 1. The van der Waals surface area contributed by atoms with Crippen molar-refractivity contribution >= 4 is 22.7 Å². The summed E-state index contributed by atoms with van der Waals surface area (Å²) >= 11 is 0. The van der Waals surface area contributed by atoms with E-state index in [4.69, 9.17) is 0 Å². The number of rotatable bonds is 6. The van der Waals surface area contributed by atoms with Crippen LogP contribution in [0, 0.1) is 12.8 Å². The molecule has 1 aliphatic rings. The predicted octanol–water partition coefficient (Wildman–Crippen LogP) is 2.99. The van der Waals surface area contributed by atoms with Gasteiger partial charge in [-0.15, -0.1) is 0 Å². The van der Waals surface area contributed by atoms with Gasteiger partial charge in [0.05, 0.1) is 18.0 Å². The molecule has 0 saturated carbocycles. The van der Waals surface area contributed by atoms with Crippen molar-refractivity contribution in [1.29, 1.82) is 0 Å². The molecule has 30 heavy (non-hydrogen) atoms. The zero-order valence-electron chi connectivity index (χ0n) is 17.4. The lowest BCUT2D eigenvalue weighted by Crippen LogP contribution is -2.35. The first-order chi connectivity index (χ1) is 14.5. The Hall–Kier alpha value is -3.28. The molecule has 2 aromatic carbocycles. The summed E-state index contributed by atoms with van der Waals surface area (Å²) in [6.45, 7) is 3.41. The standard InChI is InChI=1S/C24H26N4O2/c1-17-20-10-6-7-11-21(20)26-22(25-17)16-27(2)24(30)19-14-23(29)28(15-19)13-12-18-8-4-3-5-9-18/h3-11,19H,12-16H2,1-2H3. The first kappa shape index (κ1) is 20.0. The minimum atomic E-state index is -0.306. The van der Waals surface area contributed by atoms with Gasteiger partial charge in [-0.25, -0.2) is 9.97 Å². The van der Waals surface area contributed by atoms with E-state index in [1.165, 1.54) is 5.56 Å². The van der Waals surface area contributed by atoms with Crippen molar-refractivity contribution in [3.8, 4) is 0 Å². The lowest BCUT2D eigenvalue weighted by atomic mass is 10.1. The van der Waals surface area contributed by atoms with Crippen LogP contribution in [0.4, 0.5) is 0 Å². The molecule has 2 amide bonds. The lowest BCUT2D eigenvalue weighted by Gasteiger charge is -2.21. The van der Waals surface area contributed by atoms with E-state index in [1.54, 1.807) is 16.8 Å². The Morgan fingerprint density at radius 1 is 1.10 bits per heavy atom. The molecular formula is C24H26N4O2. The maximum absolute atomic E-state index is 13.0. The third-order valence-electron chi connectivity index (χ3n) is 5.67. The summed E-state index contributed by atoms with van der Waals surface area (Å²) in [5.74, 6) is 0.336. The normalized spacial score (nSPS) is 16.3. The lowest BCUT2D eigenvalue weighted by molar-refractivity contribution is -0.135. The zero-order valence-corrected chi connectivity index (χ0v) is 17.4. The number of aryl methyl sites for hydroxylation is 1. The van der Waals surface area contributed by atoms with Gasteiger partial charge in [0.25, 0.3) is 0 Å². The number of aromatic nitrogens is 2. The van der Waals surface area contributed by atoms with E-state index in [2.05, 4.69) is 22.1 Å². The second-order valence-corrected chi connectivity index (χ2v) is 7.91. The van der Waals surface area contributed by atoms with Crippen LogP contribution in [0.3, 0.4) is 0 Å². The van der Waals surface area contributed by atoms with Gasteiger partial charge < -0.3 is 9.80 Å². The fourth-order valence-corrected chi connectivity index (χ4v) is 4.03. The van der Waals surface area contributed by atoms with E-state index in [0.29, 0.717) is 25.5 Å². The number of carbonyl (C=O) groups is 2. The Labute approximate surface area is 176 Å². The van der Waals surface area contributed by atoms with Crippen LogP contribution in [0.25, 0.3) is 10.9 Å². The van der Waals surface area contributed by atoms with Gasteiger partial charge in [0.1, 0.15) is 5.82 Å². The number of fused-ring (bicyclic) bond motifs is 1. The third kappa shape index (κ3) is 4.32. The Morgan fingerprint density at radius 3 is 2.63 bits per heavy atom. The van der Waals surface area contributed by atoms with Gasteiger partial charge in [-0.3, -0.25) is 9.59 Å². The van der Waals surface area contributed by atoms with E-state index >= 15 is 0 Å². The van der Waals surface area contributed by atoms with Crippen molar-refractivity contribution in [2.45, 2.75) is 26.3 Å². The summed E-state index contributed by atoms with van der Waals surface area (Å²) in [7, 11) is 1.76. The highest BCUT2D eigenvalue weighted by atomic mass is 16.2. The summed E-state index contributed by atoms with van der Waals surface area (Å²) in [6.07, 6.45) is 1.07. The largest absolute Gasteiger partial charge is 0.342 e. The minimum Gasteiger partial charge on any atom is -0.342 e. The molecule has 0 spiro atoms. The van der Waals surface area contributed by atoms with Crippen LogP contribution < -0.4 is 0 Å². The van der Waals surface area contributed by atoms with E-state index in [0.717, 1.165) is 23.0 Å². The molecule has 1 fully saturated rings. The van der Waals surface area contributed by atoms with Crippen molar-refractivity contribution in [2.75, 3.05) is 20.1 Å². The number of hydrogen-bond acceptors (Lipinski definition) is 4. The Morgan fingerprint density at radius 2 is 1.83 bits per heavy atom. The van der Waals surface area contributed by atoms with Crippen molar-refractivity contribution in [3.05, 3.63) is 71.7 Å². The summed E-state index contributed by atoms with van der Waals surface area (Å²) in [5, 5.41) is 1.02. The predicted molar refractivity (Wildman–Crippen MR) is 116 cm³/mol. The first-order valence-corrected chi connectivity index (χ1v) is 10.3. The molecule has 1 unspecified atom stereocenters. The SMILES string of the molecule is Cc1nc(CN(C)C(=O)C2CC(=O)N(CCc3ccccc3)C2)nc2ccccc12. The molecule has 6 heteroatoms. The first-order valence-electron chi connectivity index (χ1n) is 10.3. The summed E-state index contributed by atoms with van der Waals surface area (Å²) in [6, 6.07) is 18.0. The van der Waals surface area contributed by atoms with Crippen molar-refractivity contribution in [3.63, 3.8) is 0 Å². The average Bonchev–Trinajstić information content (AvgIpc) is 3.13. The molecule has 2 heterocycles. The fraction of sp³-hybridized carbons (Fsp3) is 0.333. The molecule has 1 aliphatic heterocycles. The van der Waals surface area contributed by atoms with Crippen molar-refractivity contribution < 1.29 is 9.59 Å². The molecule has 0 bridgehead atoms. The number of nitrogens with zero attached hydrogens (tertiary/aromatic N) is 4. The molecule has 3 aromatic rings. The van der Waals surface area contributed by atoms with Gasteiger partial charge in [-0.2, -0.15) is 0 Å². The van der Waals surface area contributed by atoms with Crippen LogP contribution in [0.2, 0.25) is 0 Å². The molecule has 4 rings (SSSR count). The number of para-hydroxylation sites is 1. The molecule has 154 valence electrons. The van der Waals surface area contributed by atoms with Crippen LogP contribution >= 0.6 is 0 Å². The van der Waals surface area contributed by atoms with Gasteiger partial charge in [0.2, 0.25) is 11.8 Å². The highest BCUT2D eigenvalue weighted by molar-refractivity contribution is 5.89. The second kappa shape index (κ2) is 8.61. The van der Waals surface area contributed by atoms with Crippen LogP contribution in [0.5, 0.6) is 0 Å². The zero-order chi connectivity index (χ0) is 21.1. The maximum atomic E-state index is 13.0. The van der Waals surface area contributed by atoms with Gasteiger partial charge >= 0.3 is 0 Å². The van der Waals surface area contributed by atoms with Crippen LogP contribution in [0.1, 0.15) is 23.5 Å². The maximum Gasteiger partial charge on any atom is 0.228 e. The topological polar surface area (TPSA) is 66.4 Å². The minimum absolute atomic E-state index is 0.0278. The Kier molecular flexibility index (Phi) is 5.74. The summed E-state index contributed by atoms with van der Waals surface area (Å²) in [4.78, 5) is 38.0. The molecule has 6 nitrogen and oxygen atoms in total. The molecule has 0 aliphatic carbocycles. The summed E-state index contributed by atoms with van der Waals surface area (Å²) < 4.78 is 0. The molecule has 0 N–H and O–H groups in total. The Balaban J connectivity index is 1.37. The van der Waals surface area contributed by atoms with Crippen LogP contribution in [-0.4, -0.2) is 51.7 Å². The highest BCUT2D eigenvalue weighted by Gasteiger charge is 2.35. The van der Waals surface area contributed by atoms with Gasteiger partial charge in [0.15, 0.2) is 0 Å². The Bertz CT molecular complexity index is 1070. The molecule has 0 radical (unpaired) electrons. The van der Waals surface area contributed by atoms with Crippen LogP contribution in [0.15, 0.2) is 54.6 Å². The monoisotopic (exact) mass is 402 g/mol. The number of carbonyl (C=O) groups excluding carboxylic acids is 2. The highest BCUT2D eigenvalue weighted by Crippen LogP contribution is 2.21. The average molecular weight is 402 g/mol. The fourth-order valence-electron chi connectivity index (χ4n) is 4.03. The second-order valence-electron chi connectivity index (χ2n) is 7.91.